The number of hydrogen-bond donors (Lipinski definition) is 1. The lowest BCUT2D eigenvalue weighted by Gasteiger charge is -2.05. The van der Waals surface area contributed by atoms with Crippen LogP contribution in [0.2, 0.25) is 0 Å². The smallest absolute Gasteiger partial charge is 0.338 e. The number of unbranched alkanes of at least 4 members (excludes halogenated alkanes) is 12. The van der Waals surface area contributed by atoms with Crippen molar-refractivity contribution in [2.75, 3.05) is 6.61 Å². The van der Waals surface area contributed by atoms with Crippen molar-refractivity contribution in [3.05, 3.63) is 42.0 Å². The van der Waals surface area contributed by atoms with E-state index in [2.05, 4.69) is 19.1 Å². The van der Waals surface area contributed by atoms with Gasteiger partial charge < -0.3 is 9.84 Å². The van der Waals surface area contributed by atoms with Gasteiger partial charge in [-0.3, -0.25) is 0 Å². The first-order valence-corrected chi connectivity index (χ1v) is 11.3. The van der Waals surface area contributed by atoms with Crippen molar-refractivity contribution in [1.29, 1.82) is 0 Å². The van der Waals surface area contributed by atoms with Crippen molar-refractivity contribution in [2.45, 2.75) is 96.8 Å². The van der Waals surface area contributed by atoms with Gasteiger partial charge in [-0.05, 0) is 56.4 Å². The topological polar surface area (TPSA) is 46.5 Å². The number of ether oxygens (including phenoxy) is 1. The van der Waals surface area contributed by atoms with E-state index in [4.69, 9.17) is 4.74 Å². The normalized spacial score (nSPS) is 11.2. The maximum absolute atomic E-state index is 11.8. The number of phenols is 1. The largest absolute Gasteiger partial charge is 0.508 e. The summed E-state index contributed by atoms with van der Waals surface area (Å²) in [5, 5.41) is 9.21. The molecule has 0 saturated heterocycles. The molecule has 0 heterocycles. The highest BCUT2D eigenvalue weighted by Gasteiger charge is 2.06. The van der Waals surface area contributed by atoms with Gasteiger partial charge in [-0.15, -0.1) is 0 Å². The fourth-order valence-electron chi connectivity index (χ4n) is 3.20. The Labute approximate surface area is 172 Å². The van der Waals surface area contributed by atoms with E-state index in [0.29, 0.717) is 12.2 Å². The predicted octanol–water partition coefficient (Wildman–Crippen LogP) is 7.59. The number of aromatic hydroxyl groups is 1. The molecule has 158 valence electrons. The van der Waals surface area contributed by atoms with Gasteiger partial charge in [0.25, 0.3) is 0 Å². The fourth-order valence-corrected chi connectivity index (χ4v) is 3.20. The molecule has 0 unspecified atom stereocenters. The van der Waals surface area contributed by atoms with Crippen LogP contribution in [-0.4, -0.2) is 17.7 Å². The van der Waals surface area contributed by atoms with Crippen LogP contribution in [0.1, 0.15) is 107 Å². The SMILES string of the molecule is CCCCCCCC/C=C/CCCCCCCCOC(=O)c1ccc(O)cc1. The Morgan fingerprint density at radius 2 is 1.29 bits per heavy atom. The predicted molar refractivity (Wildman–Crippen MR) is 118 cm³/mol. The van der Waals surface area contributed by atoms with E-state index in [-0.39, 0.29) is 11.7 Å². The summed E-state index contributed by atoms with van der Waals surface area (Å²) < 4.78 is 5.26. The standard InChI is InChI=1S/C25H40O3/c1-2-3-4-5-6-7-8-9-10-11-12-13-14-15-16-17-22-28-25(27)23-18-20-24(26)21-19-23/h9-10,18-21,26H,2-8,11-17,22H2,1H3/b10-9+. The molecule has 0 fully saturated rings. The van der Waals surface area contributed by atoms with Crippen LogP contribution in [0.15, 0.2) is 36.4 Å². The monoisotopic (exact) mass is 388 g/mol. The Bertz CT molecular complexity index is 519. The van der Waals surface area contributed by atoms with E-state index < -0.39 is 0 Å². The number of phenolic OH excluding ortho intramolecular Hbond substituents is 1. The number of carbonyl (C=O) groups excluding carboxylic acids is 1. The lowest BCUT2D eigenvalue weighted by molar-refractivity contribution is 0.0497. The van der Waals surface area contributed by atoms with E-state index in [1.165, 1.54) is 89.2 Å². The second kappa shape index (κ2) is 17.3. The Hall–Kier alpha value is -1.77. The summed E-state index contributed by atoms with van der Waals surface area (Å²) in [6.45, 7) is 2.74. The minimum absolute atomic E-state index is 0.157. The van der Waals surface area contributed by atoms with Crippen LogP contribution < -0.4 is 0 Å². The minimum Gasteiger partial charge on any atom is -0.508 e. The molecule has 0 bridgehead atoms. The fraction of sp³-hybridized carbons (Fsp3) is 0.640. The quantitative estimate of drug-likeness (QED) is 0.170. The highest BCUT2D eigenvalue weighted by atomic mass is 16.5. The first kappa shape index (κ1) is 24.3. The molecule has 0 spiro atoms. The summed E-state index contributed by atoms with van der Waals surface area (Å²) in [5.74, 6) is -0.155. The Balaban J connectivity index is 1.83. The van der Waals surface area contributed by atoms with Gasteiger partial charge in [-0.2, -0.15) is 0 Å². The van der Waals surface area contributed by atoms with Gasteiger partial charge in [0.1, 0.15) is 5.75 Å². The molecule has 1 rings (SSSR count). The summed E-state index contributed by atoms with van der Waals surface area (Å²) in [7, 11) is 0. The molecule has 0 aliphatic carbocycles. The molecule has 0 aliphatic heterocycles. The Morgan fingerprint density at radius 1 is 0.786 bits per heavy atom. The summed E-state index contributed by atoms with van der Waals surface area (Å²) in [4.78, 5) is 11.8. The maximum Gasteiger partial charge on any atom is 0.338 e. The Kier molecular flexibility index (Phi) is 15.0. The van der Waals surface area contributed by atoms with Crippen LogP contribution in [0.25, 0.3) is 0 Å². The van der Waals surface area contributed by atoms with Gasteiger partial charge in [0.2, 0.25) is 0 Å². The van der Waals surface area contributed by atoms with Gasteiger partial charge >= 0.3 is 5.97 Å². The Morgan fingerprint density at radius 3 is 1.86 bits per heavy atom. The van der Waals surface area contributed by atoms with Gasteiger partial charge in [-0.1, -0.05) is 76.9 Å². The van der Waals surface area contributed by atoms with Crippen LogP contribution in [0.3, 0.4) is 0 Å². The molecule has 1 N–H and O–H groups in total. The molecular weight excluding hydrogens is 348 g/mol. The number of carbonyl (C=O) groups is 1. The molecule has 1 aromatic rings. The van der Waals surface area contributed by atoms with Crippen LogP contribution in [0, 0.1) is 0 Å². The van der Waals surface area contributed by atoms with Crippen LogP contribution in [0.5, 0.6) is 5.75 Å². The van der Waals surface area contributed by atoms with E-state index in [9.17, 15) is 9.90 Å². The zero-order chi connectivity index (χ0) is 20.3. The first-order valence-electron chi connectivity index (χ1n) is 11.3. The van der Waals surface area contributed by atoms with Crippen molar-refractivity contribution < 1.29 is 14.6 Å². The highest BCUT2D eigenvalue weighted by Crippen LogP contribution is 2.12. The van der Waals surface area contributed by atoms with E-state index in [0.717, 1.165) is 12.8 Å². The van der Waals surface area contributed by atoms with Gasteiger partial charge in [0, 0.05) is 0 Å². The third-order valence-electron chi connectivity index (χ3n) is 4.99. The van der Waals surface area contributed by atoms with Gasteiger partial charge in [0.15, 0.2) is 0 Å². The summed E-state index contributed by atoms with van der Waals surface area (Å²) >= 11 is 0. The van der Waals surface area contributed by atoms with Crippen LogP contribution in [-0.2, 0) is 4.74 Å². The van der Waals surface area contributed by atoms with Gasteiger partial charge in [0.05, 0.1) is 12.2 Å². The van der Waals surface area contributed by atoms with Crippen molar-refractivity contribution in [1.82, 2.24) is 0 Å². The molecular formula is C25H40O3. The molecule has 0 saturated carbocycles. The van der Waals surface area contributed by atoms with Crippen LogP contribution in [0.4, 0.5) is 0 Å². The summed E-state index contributed by atoms with van der Waals surface area (Å²) in [6.07, 6.45) is 22.5. The van der Waals surface area contributed by atoms with Crippen LogP contribution >= 0.6 is 0 Å². The minimum atomic E-state index is -0.312. The first-order chi connectivity index (χ1) is 13.7. The average molecular weight is 389 g/mol. The van der Waals surface area contributed by atoms with Crippen molar-refractivity contribution in [3.63, 3.8) is 0 Å². The third kappa shape index (κ3) is 13.4. The van der Waals surface area contributed by atoms with Crippen molar-refractivity contribution in [2.24, 2.45) is 0 Å². The molecule has 0 aliphatic rings. The summed E-state index contributed by atoms with van der Waals surface area (Å²) in [5.41, 5.74) is 0.488. The molecule has 3 nitrogen and oxygen atoms in total. The second-order valence-corrected chi connectivity index (χ2v) is 7.62. The molecule has 3 heteroatoms. The molecule has 1 aromatic carbocycles. The zero-order valence-electron chi connectivity index (χ0n) is 17.8. The average Bonchev–Trinajstić information content (AvgIpc) is 2.70. The molecule has 28 heavy (non-hydrogen) atoms. The molecule has 0 atom stereocenters. The maximum atomic E-state index is 11.8. The van der Waals surface area contributed by atoms with E-state index >= 15 is 0 Å². The van der Waals surface area contributed by atoms with E-state index in [1.807, 2.05) is 0 Å². The second-order valence-electron chi connectivity index (χ2n) is 7.62. The number of benzene rings is 1. The molecule has 0 radical (unpaired) electrons. The number of allylic oxidation sites excluding steroid dienone is 2. The number of esters is 1. The number of rotatable bonds is 17. The highest BCUT2D eigenvalue weighted by molar-refractivity contribution is 5.89. The zero-order valence-corrected chi connectivity index (χ0v) is 17.8. The van der Waals surface area contributed by atoms with Crippen molar-refractivity contribution >= 4 is 5.97 Å². The lowest BCUT2D eigenvalue weighted by atomic mass is 10.1. The molecule has 0 amide bonds. The van der Waals surface area contributed by atoms with Crippen molar-refractivity contribution in [3.8, 4) is 5.75 Å². The third-order valence-corrected chi connectivity index (χ3v) is 4.99. The van der Waals surface area contributed by atoms with E-state index in [1.54, 1.807) is 12.1 Å². The van der Waals surface area contributed by atoms with Gasteiger partial charge in [-0.25, -0.2) is 4.79 Å². The summed E-state index contributed by atoms with van der Waals surface area (Å²) in [6, 6.07) is 6.17. The lowest BCUT2D eigenvalue weighted by Crippen LogP contribution is -2.06. The molecule has 0 aromatic heterocycles. The number of hydrogen-bond acceptors (Lipinski definition) is 3.